The number of amides is 1. The maximum atomic E-state index is 12.0. The lowest BCUT2D eigenvalue weighted by molar-refractivity contribution is -0.750. The van der Waals surface area contributed by atoms with E-state index in [0.717, 1.165) is 77.3 Å². The third kappa shape index (κ3) is 4.39. The largest absolute Gasteiger partial charge is 0.342 e. The Kier molecular flexibility index (Phi) is 6.20. The first-order chi connectivity index (χ1) is 18.0. The molecule has 2 N–H and O–H groups in total. The van der Waals surface area contributed by atoms with Crippen LogP contribution in [0.5, 0.6) is 0 Å². The molecule has 1 fully saturated rings. The van der Waals surface area contributed by atoms with E-state index in [-0.39, 0.29) is 16.4 Å². The van der Waals surface area contributed by atoms with Crippen LogP contribution in [-0.4, -0.2) is 51.4 Å². The van der Waals surface area contributed by atoms with Crippen LogP contribution in [0, 0.1) is 5.92 Å². The SMILES string of the molecule is N[N+]12C=CN=CC1=C(CC1CCN(C(=O)CCl)CC1)N=C2c1ccc2ccc(-c3ccccc3)nc2c1. The predicted octanol–water partition coefficient (Wildman–Crippen LogP) is 4.99. The number of nitrogens with zero attached hydrogens (tertiary/aromatic N) is 5. The van der Waals surface area contributed by atoms with Crippen LogP contribution in [0.1, 0.15) is 24.8 Å². The van der Waals surface area contributed by atoms with Gasteiger partial charge in [0.15, 0.2) is 0 Å². The zero-order chi connectivity index (χ0) is 25.4. The molecule has 0 bridgehead atoms. The maximum Gasteiger partial charge on any atom is 0.264 e. The van der Waals surface area contributed by atoms with Gasteiger partial charge in [0.2, 0.25) is 11.6 Å². The predicted molar refractivity (Wildman–Crippen MR) is 147 cm³/mol. The Hall–Kier alpha value is -3.65. The molecule has 1 unspecified atom stereocenters. The monoisotopic (exact) mass is 511 g/mol. The number of allylic oxidation sites excluding steroid dienone is 2. The van der Waals surface area contributed by atoms with Crippen LogP contribution < -0.4 is 5.84 Å². The number of fused-ring (bicyclic) bond motifs is 2. The number of hydrogen-bond acceptors (Lipinski definition) is 5. The number of pyridine rings is 1. The first-order valence-corrected chi connectivity index (χ1v) is 13.1. The normalized spacial score (nSPS) is 21.5. The Bertz CT molecular complexity index is 1490. The average Bonchev–Trinajstić information content (AvgIpc) is 3.24. The van der Waals surface area contributed by atoms with Gasteiger partial charge in [-0.2, -0.15) is 10.8 Å². The number of amidine groups is 1. The number of aromatic nitrogens is 1. The minimum absolute atomic E-state index is 0.00541. The van der Waals surface area contributed by atoms with Crippen molar-refractivity contribution in [1.82, 2.24) is 9.88 Å². The van der Waals surface area contributed by atoms with Crippen LogP contribution in [0.25, 0.3) is 22.2 Å². The molecule has 1 atom stereocenters. The number of piperidine rings is 1. The third-order valence-electron chi connectivity index (χ3n) is 7.45. The van der Waals surface area contributed by atoms with Crippen LogP contribution in [-0.2, 0) is 4.79 Å². The molecular formula is C29H28ClN6O+. The van der Waals surface area contributed by atoms with Crippen LogP contribution in [0.4, 0.5) is 0 Å². The van der Waals surface area contributed by atoms with Gasteiger partial charge >= 0.3 is 0 Å². The lowest BCUT2D eigenvalue weighted by atomic mass is 9.91. The Morgan fingerprint density at radius 3 is 2.62 bits per heavy atom. The molecule has 4 heterocycles. The molecule has 1 aromatic heterocycles. The van der Waals surface area contributed by atoms with E-state index in [1.807, 2.05) is 35.5 Å². The highest BCUT2D eigenvalue weighted by Crippen LogP contribution is 2.36. The molecule has 0 aliphatic carbocycles. The molecule has 8 heteroatoms. The summed E-state index contributed by atoms with van der Waals surface area (Å²) in [6.45, 7) is 1.46. The van der Waals surface area contributed by atoms with Gasteiger partial charge in [-0.05, 0) is 43.4 Å². The second-order valence-electron chi connectivity index (χ2n) is 9.75. The summed E-state index contributed by atoms with van der Waals surface area (Å²) >= 11 is 5.74. The van der Waals surface area contributed by atoms with Crippen molar-refractivity contribution in [2.24, 2.45) is 21.7 Å². The summed E-state index contributed by atoms with van der Waals surface area (Å²) in [5.41, 5.74) is 5.69. The van der Waals surface area contributed by atoms with Crippen molar-refractivity contribution >= 4 is 40.5 Å². The zero-order valence-corrected chi connectivity index (χ0v) is 21.2. The van der Waals surface area contributed by atoms with Gasteiger partial charge in [0.1, 0.15) is 17.8 Å². The first-order valence-electron chi connectivity index (χ1n) is 12.6. The van der Waals surface area contributed by atoms with Crippen molar-refractivity contribution in [3.05, 3.63) is 90.0 Å². The molecule has 1 amide bonds. The number of aliphatic imine (C=N–C) groups is 2. The summed E-state index contributed by atoms with van der Waals surface area (Å²) in [6.07, 6.45) is 8.06. The zero-order valence-electron chi connectivity index (χ0n) is 20.4. The van der Waals surface area contributed by atoms with Crippen LogP contribution >= 0.6 is 11.6 Å². The van der Waals surface area contributed by atoms with Crippen molar-refractivity contribution in [1.29, 1.82) is 0 Å². The number of nitrogens with two attached hydrogens (primary N) is 1. The number of carbonyl (C=O) groups excluding carboxylic acids is 1. The highest BCUT2D eigenvalue weighted by molar-refractivity contribution is 6.27. The van der Waals surface area contributed by atoms with Gasteiger partial charge in [-0.3, -0.25) is 9.79 Å². The van der Waals surface area contributed by atoms with E-state index in [4.69, 9.17) is 27.4 Å². The second kappa shape index (κ2) is 9.67. The van der Waals surface area contributed by atoms with E-state index < -0.39 is 0 Å². The molecule has 37 heavy (non-hydrogen) atoms. The Balaban J connectivity index is 1.31. The van der Waals surface area contributed by atoms with Crippen LogP contribution in [0.2, 0.25) is 0 Å². The fraction of sp³-hybridized carbons (Fsp3) is 0.241. The number of halogens is 1. The van der Waals surface area contributed by atoms with Crippen LogP contribution in [0.3, 0.4) is 0 Å². The quantitative estimate of drug-likeness (QED) is 0.297. The Morgan fingerprint density at radius 2 is 1.84 bits per heavy atom. The molecule has 2 aromatic carbocycles. The molecule has 3 aliphatic rings. The van der Waals surface area contributed by atoms with E-state index in [0.29, 0.717) is 5.92 Å². The summed E-state index contributed by atoms with van der Waals surface area (Å²) in [7, 11) is 0. The summed E-state index contributed by atoms with van der Waals surface area (Å²) in [5, 5.41) is 1.06. The van der Waals surface area contributed by atoms with Gasteiger partial charge in [0, 0.05) is 24.0 Å². The molecule has 186 valence electrons. The third-order valence-corrected chi connectivity index (χ3v) is 7.68. The Labute approximate surface area is 220 Å². The molecule has 0 radical (unpaired) electrons. The molecule has 3 aromatic rings. The van der Waals surface area contributed by atoms with E-state index >= 15 is 0 Å². The summed E-state index contributed by atoms with van der Waals surface area (Å²) in [6, 6.07) is 20.5. The van der Waals surface area contributed by atoms with Crippen molar-refractivity contribution in [3.8, 4) is 11.3 Å². The van der Waals surface area contributed by atoms with Gasteiger partial charge < -0.3 is 4.90 Å². The summed E-state index contributed by atoms with van der Waals surface area (Å²) in [5.74, 6) is 8.19. The molecule has 0 saturated carbocycles. The van der Waals surface area contributed by atoms with Gasteiger partial charge in [-0.15, -0.1) is 16.2 Å². The van der Waals surface area contributed by atoms with Crippen molar-refractivity contribution < 1.29 is 9.39 Å². The number of carbonyl (C=O) groups is 1. The molecule has 1 saturated heterocycles. The van der Waals surface area contributed by atoms with E-state index in [9.17, 15) is 4.79 Å². The topological polar surface area (TPSA) is 83.9 Å². The lowest BCUT2D eigenvalue weighted by Gasteiger charge is -2.31. The van der Waals surface area contributed by atoms with Gasteiger partial charge in [0.25, 0.3) is 5.84 Å². The number of hydrogen-bond donors (Lipinski definition) is 1. The van der Waals surface area contributed by atoms with Crippen LogP contribution in [0.15, 0.2) is 94.4 Å². The molecule has 3 aliphatic heterocycles. The van der Waals surface area contributed by atoms with Gasteiger partial charge in [-0.1, -0.05) is 42.5 Å². The minimum Gasteiger partial charge on any atom is -0.342 e. The van der Waals surface area contributed by atoms with Gasteiger partial charge in [0.05, 0.1) is 29.2 Å². The summed E-state index contributed by atoms with van der Waals surface area (Å²) < 4.78 is -0.00764. The average molecular weight is 512 g/mol. The first kappa shape index (κ1) is 23.7. The fourth-order valence-electron chi connectivity index (χ4n) is 5.37. The number of quaternary nitrogens is 1. The molecule has 0 spiro atoms. The van der Waals surface area contributed by atoms with Crippen molar-refractivity contribution in [2.45, 2.75) is 19.3 Å². The molecule has 7 nitrogen and oxygen atoms in total. The number of alkyl halides is 1. The van der Waals surface area contributed by atoms with Gasteiger partial charge in [-0.25, -0.2) is 4.98 Å². The van der Waals surface area contributed by atoms with E-state index in [2.05, 4.69) is 47.5 Å². The number of rotatable bonds is 5. The standard InChI is InChI=1S/C29H28ClN6O/c30-18-28(37)35-13-10-20(11-14-35)16-26-27-19-32-12-15-36(27,31)29(34-26)23-7-6-22-8-9-24(33-25(22)17-23)21-4-2-1-3-5-21/h1-9,12,15,17,19-20H,10-11,13-14,16,18,31H2/q+1. The lowest BCUT2D eigenvalue weighted by Crippen LogP contribution is -2.53. The van der Waals surface area contributed by atoms with Crippen molar-refractivity contribution in [2.75, 3.05) is 19.0 Å². The van der Waals surface area contributed by atoms with E-state index in [1.54, 1.807) is 6.20 Å². The molecular weight excluding hydrogens is 484 g/mol. The smallest absolute Gasteiger partial charge is 0.264 e. The molecule has 6 rings (SSSR count). The maximum absolute atomic E-state index is 12.0. The van der Waals surface area contributed by atoms with Crippen molar-refractivity contribution in [3.63, 3.8) is 0 Å². The number of likely N-dealkylation sites (tertiary alicyclic amines) is 1. The fourth-order valence-corrected chi connectivity index (χ4v) is 5.54. The highest BCUT2D eigenvalue weighted by Gasteiger charge is 2.44. The highest BCUT2D eigenvalue weighted by atomic mass is 35.5. The second-order valence-corrected chi connectivity index (χ2v) is 10.0. The number of benzene rings is 2. The summed E-state index contributed by atoms with van der Waals surface area (Å²) in [4.78, 5) is 28.2. The Morgan fingerprint density at radius 1 is 1.05 bits per heavy atom. The minimum atomic E-state index is -0.00764. The van der Waals surface area contributed by atoms with E-state index in [1.165, 1.54) is 0 Å².